The minimum atomic E-state index is -4.24. The normalized spacial score (nSPS) is 12.7. The number of hydrogen-bond donors (Lipinski definition) is 1. The standard InChI is InChI=1S/C31H38ClN3O5S/c1-5-23(4)33-31(37)27(6-2)34(21-24-13-9-8-10-14-24)30(36)22-35(28-15-11-12-16-29(28)40-7-3)41(38,39)26-19-17-25(32)18-20-26/h8-20,23,27H,5-7,21-22H2,1-4H3,(H,33,37)/t23-,27+/m1/s1. The maximum atomic E-state index is 14.2. The van der Waals surface area contributed by atoms with Crippen LogP contribution in [-0.4, -0.2) is 50.4 Å². The number of nitrogens with zero attached hydrogens (tertiary/aromatic N) is 2. The highest BCUT2D eigenvalue weighted by atomic mass is 35.5. The van der Waals surface area contributed by atoms with Crippen LogP contribution in [0.5, 0.6) is 5.75 Å². The van der Waals surface area contributed by atoms with Crippen LogP contribution in [0.25, 0.3) is 0 Å². The molecule has 2 atom stereocenters. The first-order chi connectivity index (χ1) is 19.6. The number of amides is 2. The number of anilines is 1. The van der Waals surface area contributed by atoms with Crippen LogP contribution in [0.2, 0.25) is 5.02 Å². The van der Waals surface area contributed by atoms with E-state index in [-0.39, 0.29) is 29.1 Å². The van der Waals surface area contributed by atoms with E-state index in [0.717, 1.165) is 16.3 Å². The third kappa shape index (κ3) is 8.24. The average molecular weight is 600 g/mol. The minimum absolute atomic E-state index is 0.0304. The van der Waals surface area contributed by atoms with Crippen molar-refractivity contribution in [3.63, 3.8) is 0 Å². The molecule has 0 aromatic heterocycles. The molecule has 0 heterocycles. The van der Waals surface area contributed by atoms with Gasteiger partial charge in [-0.1, -0.05) is 67.9 Å². The fraction of sp³-hybridized carbons (Fsp3) is 0.355. The Balaban J connectivity index is 2.09. The summed E-state index contributed by atoms with van der Waals surface area (Å²) >= 11 is 6.03. The molecule has 2 amide bonds. The topological polar surface area (TPSA) is 96.0 Å². The van der Waals surface area contributed by atoms with Crippen LogP contribution >= 0.6 is 11.6 Å². The maximum Gasteiger partial charge on any atom is 0.264 e. The van der Waals surface area contributed by atoms with Gasteiger partial charge >= 0.3 is 0 Å². The van der Waals surface area contributed by atoms with Crippen molar-refractivity contribution < 1.29 is 22.7 Å². The quantitative estimate of drug-likeness (QED) is 0.258. The molecule has 0 saturated heterocycles. The summed E-state index contributed by atoms with van der Waals surface area (Å²) in [5, 5.41) is 3.36. The molecule has 8 nitrogen and oxygen atoms in total. The average Bonchev–Trinajstić information content (AvgIpc) is 2.97. The lowest BCUT2D eigenvalue weighted by Crippen LogP contribution is -2.53. The van der Waals surface area contributed by atoms with Gasteiger partial charge in [0.2, 0.25) is 11.8 Å². The molecule has 10 heteroatoms. The van der Waals surface area contributed by atoms with Crippen molar-refractivity contribution in [2.45, 2.75) is 64.1 Å². The van der Waals surface area contributed by atoms with E-state index in [1.54, 1.807) is 31.2 Å². The fourth-order valence-corrected chi connectivity index (χ4v) is 5.88. The van der Waals surface area contributed by atoms with Crippen LogP contribution in [0.3, 0.4) is 0 Å². The summed E-state index contributed by atoms with van der Waals surface area (Å²) in [6.45, 7) is 7.38. The van der Waals surface area contributed by atoms with E-state index in [1.165, 1.54) is 29.2 Å². The van der Waals surface area contributed by atoms with Gasteiger partial charge < -0.3 is 15.0 Å². The lowest BCUT2D eigenvalue weighted by Gasteiger charge is -2.34. The maximum absolute atomic E-state index is 14.2. The Morgan fingerprint density at radius 1 is 0.902 bits per heavy atom. The van der Waals surface area contributed by atoms with E-state index in [0.29, 0.717) is 23.8 Å². The lowest BCUT2D eigenvalue weighted by molar-refractivity contribution is -0.140. The van der Waals surface area contributed by atoms with E-state index in [9.17, 15) is 18.0 Å². The number of rotatable bonds is 14. The molecule has 0 spiro atoms. The van der Waals surface area contributed by atoms with Crippen LogP contribution in [0.4, 0.5) is 5.69 Å². The van der Waals surface area contributed by atoms with Gasteiger partial charge in [-0.05, 0) is 68.7 Å². The highest BCUT2D eigenvalue weighted by molar-refractivity contribution is 7.92. The number of sulfonamides is 1. The molecule has 0 aliphatic rings. The Bertz CT molecular complexity index is 1400. The summed E-state index contributed by atoms with van der Waals surface area (Å²) in [5.41, 5.74) is 1.03. The molecule has 1 N–H and O–H groups in total. The Kier molecular flexibility index (Phi) is 11.6. The van der Waals surface area contributed by atoms with Crippen molar-refractivity contribution in [1.82, 2.24) is 10.2 Å². The summed E-state index contributed by atoms with van der Waals surface area (Å²) < 4.78 is 34.9. The number of hydrogen-bond acceptors (Lipinski definition) is 5. The molecular formula is C31H38ClN3O5S. The van der Waals surface area contributed by atoms with Gasteiger partial charge in [0, 0.05) is 17.6 Å². The number of carbonyl (C=O) groups is 2. The third-order valence-electron chi connectivity index (χ3n) is 6.70. The number of halogens is 1. The zero-order chi connectivity index (χ0) is 30.0. The first-order valence-corrected chi connectivity index (χ1v) is 15.6. The third-order valence-corrected chi connectivity index (χ3v) is 8.72. The number of para-hydroxylation sites is 2. The Morgan fingerprint density at radius 2 is 1.54 bits per heavy atom. The summed E-state index contributed by atoms with van der Waals surface area (Å²) in [7, 11) is -4.24. The molecule has 0 bridgehead atoms. The van der Waals surface area contributed by atoms with Crippen molar-refractivity contribution >= 4 is 39.1 Å². The van der Waals surface area contributed by atoms with Gasteiger partial charge in [0.25, 0.3) is 10.0 Å². The van der Waals surface area contributed by atoms with Gasteiger partial charge in [-0.2, -0.15) is 0 Å². The summed E-state index contributed by atoms with van der Waals surface area (Å²) in [6, 6.07) is 20.9. The zero-order valence-electron chi connectivity index (χ0n) is 23.9. The zero-order valence-corrected chi connectivity index (χ0v) is 25.5. The molecule has 41 heavy (non-hydrogen) atoms. The first kappa shape index (κ1) is 32.0. The van der Waals surface area contributed by atoms with Gasteiger partial charge in [0.05, 0.1) is 17.2 Å². The predicted molar refractivity (Wildman–Crippen MR) is 163 cm³/mol. The van der Waals surface area contributed by atoms with Crippen LogP contribution in [0.15, 0.2) is 83.8 Å². The van der Waals surface area contributed by atoms with Crippen LogP contribution in [-0.2, 0) is 26.2 Å². The highest BCUT2D eigenvalue weighted by Gasteiger charge is 2.35. The number of nitrogens with one attached hydrogen (secondary N) is 1. The molecule has 3 rings (SSSR count). The minimum Gasteiger partial charge on any atom is -0.492 e. The smallest absolute Gasteiger partial charge is 0.264 e. The van der Waals surface area contributed by atoms with Crippen molar-refractivity contribution in [3.05, 3.63) is 89.4 Å². The monoisotopic (exact) mass is 599 g/mol. The van der Waals surface area contributed by atoms with Crippen molar-refractivity contribution in [2.75, 3.05) is 17.5 Å². The molecule has 0 unspecified atom stereocenters. The van der Waals surface area contributed by atoms with Crippen molar-refractivity contribution in [3.8, 4) is 5.75 Å². The van der Waals surface area contributed by atoms with E-state index in [2.05, 4.69) is 5.32 Å². The second kappa shape index (κ2) is 14.9. The number of benzene rings is 3. The highest BCUT2D eigenvalue weighted by Crippen LogP contribution is 2.33. The molecule has 3 aromatic carbocycles. The van der Waals surface area contributed by atoms with E-state index in [4.69, 9.17) is 16.3 Å². The molecular weight excluding hydrogens is 562 g/mol. The summed E-state index contributed by atoms with van der Waals surface area (Å²) in [6.07, 6.45) is 1.08. The Morgan fingerprint density at radius 3 is 2.15 bits per heavy atom. The number of ether oxygens (including phenoxy) is 1. The van der Waals surface area contributed by atoms with Gasteiger partial charge in [0.1, 0.15) is 18.3 Å². The van der Waals surface area contributed by atoms with Gasteiger partial charge in [-0.15, -0.1) is 0 Å². The molecule has 220 valence electrons. The van der Waals surface area contributed by atoms with Gasteiger partial charge in [-0.3, -0.25) is 13.9 Å². The molecule has 0 aliphatic carbocycles. The van der Waals surface area contributed by atoms with Crippen LogP contribution in [0.1, 0.15) is 46.1 Å². The molecule has 0 aliphatic heterocycles. The predicted octanol–water partition coefficient (Wildman–Crippen LogP) is 5.66. The fourth-order valence-electron chi connectivity index (χ4n) is 4.33. The van der Waals surface area contributed by atoms with Gasteiger partial charge in [0.15, 0.2) is 0 Å². The second-order valence-electron chi connectivity index (χ2n) is 9.62. The number of carbonyl (C=O) groups excluding carboxylic acids is 2. The first-order valence-electron chi connectivity index (χ1n) is 13.8. The van der Waals surface area contributed by atoms with E-state index in [1.807, 2.05) is 51.1 Å². The molecule has 0 fully saturated rings. The Labute approximate surface area is 248 Å². The van der Waals surface area contributed by atoms with Crippen molar-refractivity contribution in [1.29, 1.82) is 0 Å². The largest absolute Gasteiger partial charge is 0.492 e. The van der Waals surface area contributed by atoms with Crippen LogP contribution < -0.4 is 14.4 Å². The lowest BCUT2D eigenvalue weighted by atomic mass is 10.1. The van der Waals surface area contributed by atoms with E-state index < -0.39 is 28.5 Å². The summed E-state index contributed by atoms with van der Waals surface area (Å²) in [5.74, 6) is -0.492. The summed E-state index contributed by atoms with van der Waals surface area (Å²) in [4.78, 5) is 29.0. The molecule has 0 radical (unpaired) electrons. The van der Waals surface area contributed by atoms with Crippen molar-refractivity contribution in [2.24, 2.45) is 0 Å². The second-order valence-corrected chi connectivity index (χ2v) is 11.9. The van der Waals surface area contributed by atoms with Gasteiger partial charge in [-0.25, -0.2) is 8.42 Å². The SMILES string of the molecule is CCOc1ccccc1N(CC(=O)N(Cc1ccccc1)[C@@H](CC)C(=O)N[C@H](C)CC)S(=O)(=O)c1ccc(Cl)cc1. The Hall–Kier alpha value is -3.56. The molecule has 3 aromatic rings. The molecule has 0 saturated carbocycles. The van der Waals surface area contributed by atoms with E-state index >= 15 is 0 Å². The van der Waals surface area contributed by atoms with Crippen LogP contribution in [0, 0.1) is 0 Å².